The molecule has 0 saturated heterocycles. The standard InChI is InChI=1S/C24H24FN3.ClH/c1-16-4-6-20(7-5-16)15-28-18(3)17(2)22-12-13-26-24(23(22)28)27-14-19-8-10-21(25)11-9-19;/h4-13H,14-15H2,1-3H3,(H,26,27);1H. The lowest BCUT2D eigenvalue weighted by Crippen LogP contribution is -2.07. The summed E-state index contributed by atoms with van der Waals surface area (Å²) < 4.78 is 15.5. The van der Waals surface area contributed by atoms with Crippen LogP contribution in [0.15, 0.2) is 60.8 Å². The fraction of sp³-hybridized carbons (Fsp3) is 0.208. The summed E-state index contributed by atoms with van der Waals surface area (Å²) in [6.45, 7) is 7.82. The summed E-state index contributed by atoms with van der Waals surface area (Å²) in [6.07, 6.45) is 1.85. The van der Waals surface area contributed by atoms with Crippen molar-refractivity contribution in [3.8, 4) is 0 Å². The number of nitrogens with one attached hydrogen (secondary N) is 1. The second-order valence-corrected chi connectivity index (χ2v) is 7.32. The number of halogens is 2. The predicted octanol–water partition coefficient (Wildman–Crippen LogP) is 6.18. The molecule has 1 N–H and O–H groups in total. The molecule has 0 bridgehead atoms. The average molecular weight is 410 g/mol. The van der Waals surface area contributed by atoms with Gasteiger partial charge in [-0.2, -0.15) is 0 Å². The summed E-state index contributed by atoms with van der Waals surface area (Å²) in [5.74, 6) is 0.632. The number of aryl methyl sites for hydroxylation is 2. The van der Waals surface area contributed by atoms with Crippen molar-refractivity contribution in [1.29, 1.82) is 0 Å². The van der Waals surface area contributed by atoms with Crippen molar-refractivity contribution in [2.24, 2.45) is 0 Å². The van der Waals surface area contributed by atoms with Gasteiger partial charge in [0.05, 0.1) is 5.52 Å². The number of aromatic nitrogens is 2. The first-order valence-electron chi connectivity index (χ1n) is 9.51. The van der Waals surface area contributed by atoms with Crippen LogP contribution < -0.4 is 5.32 Å². The van der Waals surface area contributed by atoms with Gasteiger partial charge >= 0.3 is 0 Å². The van der Waals surface area contributed by atoms with Crippen molar-refractivity contribution in [3.05, 3.63) is 94.6 Å². The molecule has 5 heteroatoms. The van der Waals surface area contributed by atoms with E-state index < -0.39 is 0 Å². The monoisotopic (exact) mass is 409 g/mol. The first-order chi connectivity index (χ1) is 13.5. The molecule has 0 spiro atoms. The first-order valence-corrected chi connectivity index (χ1v) is 9.51. The number of pyridine rings is 1. The van der Waals surface area contributed by atoms with E-state index in [1.165, 1.54) is 39.9 Å². The van der Waals surface area contributed by atoms with Gasteiger partial charge in [-0.3, -0.25) is 0 Å². The van der Waals surface area contributed by atoms with Gasteiger partial charge in [0.2, 0.25) is 0 Å². The average Bonchev–Trinajstić information content (AvgIpc) is 2.95. The zero-order valence-corrected chi connectivity index (χ0v) is 17.7. The Morgan fingerprint density at radius 2 is 1.55 bits per heavy atom. The van der Waals surface area contributed by atoms with Crippen LogP contribution >= 0.6 is 12.4 Å². The van der Waals surface area contributed by atoms with Crippen LogP contribution in [0, 0.1) is 26.6 Å². The summed E-state index contributed by atoms with van der Waals surface area (Å²) in [7, 11) is 0. The zero-order valence-electron chi connectivity index (χ0n) is 16.9. The van der Waals surface area contributed by atoms with E-state index in [1.54, 1.807) is 12.1 Å². The van der Waals surface area contributed by atoms with E-state index in [2.05, 4.69) is 66.0 Å². The number of hydrogen-bond donors (Lipinski definition) is 1. The molecule has 2 aromatic carbocycles. The fourth-order valence-electron chi connectivity index (χ4n) is 3.59. The predicted molar refractivity (Wildman–Crippen MR) is 120 cm³/mol. The summed E-state index contributed by atoms with van der Waals surface area (Å²) in [4.78, 5) is 4.60. The number of hydrogen-bond acceptors (Lipinski definition) is 2. The smallest absolute Gasteiger partial charge is 0.150 e. The number of fused-ring (bicyclic) bond motifs is 1. The Kier molecular flexibility index (Phi) is 6.23. The Morgan fingerprint density at radius 3 is 2.24 bits per heavy atom. The van der Waals surface area contributed by atoms with Crippen LogP contribution in [-0.4, -0.2) is 9.55 Å². The van der Waals surface area contributed by atoms with Crippen molar-refractivity contribution in [2.45, 2.75) is 33.9 Å². The third kappa shape index (κ3) is 4.28. The number of nitrogens with zero attached hydrogens (tertiary/aromatic N) is 2. The lowest BCUT2D eigenvalue weighted by molar-refractivity contribution is 0.627. The maximum absolute atomic E-state index is 13.2. The topological polar surface area (TPSA) is 29.9 Å². The normalized spacial score (nSPS) is 10.8. The second kappa shape index (κ2) is 8.66. The molecule has 0 fully saturated rings. The lowest BCUT2D eigenvalue weighted by atomic mass is 10.1. The van der Waals surface area contributed by atoms with Gasteiger partial charge in [-0.15, -0.1) is 12.4 Å². The molecule has 29 heavy (non-hydrogen) atoms. The molecule has 0 saturated carbocycles. The maximum atomic E-state index is 13.2. The van der Waals surface area contributed by atoms with Gasteiger partial charge in [0.15, 0.2) is 5.82 Å². The van der Waals surface area contributed by atoms with Crippen LogP contribution in [0.1, 0.15) is 27.9 Å². The van der Waals surface area contributed by atoms with Crippen LogP contribution in [0.25, 0.3) is 10.9 Å². The molecule has 4 aromatic rings. The Hall–Kier alpha value is -2.85. The lowest BCUT2D eigenvalue weighted by Gasteiger charge is -2.13. The Labute approximate surface area is 177 Å². The molecular formula is C24H25ClFN3. The molecule has 2 aromatic heterocycles. The minimum Gasteiger partial charge on any atom is -0.364 e. The molecule has 3 nitrogen and oxygen atoms in total. The molecule has 0 amide bonds. The summed E-state index contributed by atoms with van der Waals surface area (Å²) in [5, 5.41) is 4.65. The molecule has 0 radical (unpaired) electrons. The quantitative estimate of drug-likeness (QED) is 0.426. The minimum absolute atomic E-state index is 0. The van der Waals surface area contributed by atoms with Crippen LogP contribution in [0.5, 0.6) is 0 Å². The summed E-state index contributed by atoms with van der Waals surface area (Å²) >= 11 is 0. The van der Waals surface area contributed by atoms with Crippen LogP contribution in [-0.2, 0) is 13.1 Å². The summed E-state index contributed by atoms with van der Waals surface area (Å²) in [5.41, 5.74) is 7.17. The Bertz CT molecular complexity index is 1120. The maximum Gasteiger partial charge on any atom is 0.150 e. The van der Waals surface area contributed by atoms with Crippen molar-refractivity contribution >= 4 is 29.1 Å². The highest BCUT2D eigenvalue weighted by molar-refractivity contribution is 5.93. The van der Waals surface area contributed by atoms with Gasteiger partial charge in [0.25, 0.3) is 0 Å². The van der Waals surface area contributed by atoms with Crippen LogP contribution in [0.2, 0.25) is 0 Å². The highest BCUT2D eigenvalue weighted by Gasteiger charge is 2.15. The van der Waals surface area contributed by atoms with E-state index in [1.807, 2.05) is 6.20 Å². The zero-order chi connectivity index (χ0) is 19.7. The number of anilines is 1. The largest absolute Gasteiger partial charge is 0.364 e. The third-order valence-electron chi connectivity index (χ3n) is 5.38. The molecule has 150 valence electrons. The van der Waals surface area contributed by atoms with Crippen molar-refractivity contribution in [2.75, 3.05) is 5.32 Å². The van der Waals surface area contributed by atoms with E-state index in [4.69, 9.17) is 0 Å². The van der Waals surface area contributed by atoms with Gasteiger partial charge in [-0.25, -0.2) is 9.37 Å². The molecule has 0 aliphatic heterocycles. The number of benzene rings is 2. The molecule has 0 unspecified atom stereocenters. The third-order valence-corrected chi connectivity index (χ3v) is 5.38. The Balaban J connectivity index is 0.00000240. The van der Waals surface area contributed by atoms with Crippen molar-refractivity contribution < 1.29 is 4.39 Å². The van der Waals surface area contributed by atoms with Crippen LogP contribution in [0.3, 0.4) is 0 Å². The highest BCUT2D eigenvalue weighted by atomic mass is 35.5. The molecule has 0 atom stereocenters. The minimum atomic E-state index is -0.220. The SMILES string of the molecule is Cc1ccc(Cn2c(C)c(C)c3ccnc(NCc4ccc(F)cc4)c32)cc1.Cl. The molecule has 4 rings (SSSR count). The van der Waals surface area contributed by atoms with Gasteiger partial charge in [-0.05, 0) is 55.7 Å². The summed E-state index contributed by atoms with van der Waals surface area (Å²) in [6, 6.07) is 17.3. The van der Waals surface area contributed by atoms with E-state index in [0.29, 0.717) is 6.54 Å². The van der Waals surface area contributed by atoms with E-state index in [-0.39, 0.29) is 18.2 Å². The second-order valence-electron chi connectivity index (χ2n) is 7.32. The molecule has 2 heterocycles. The molecular weight excluding hydrogens is 385 g/mol. The van der Waals surface area contributed by atoms with Crippen LogP contribution in [0.4, 0.5) is 10.2 Å². The van der Waals surface area contributed by atoms with E-state index in [0.717, 1.165) is 23.4 Å². The molecule has 0 aliphatic rings. The molecule has 0 aliphatic carbocycles. The first kappa shape index (κ1) is 20.9. The van der Waals surface area contributed by atoms with Gasteiger partial charge in [-0.1, -0.05) is 42.0 Å². The highest BCUT2D eigenvalue weighted by Crippen LogP contribution is 2.30. The van der Waals surface area contributed by atoms with Crippen molar-refractivity contribution in [3.63, 3.8) is 0 Å². The van der Waals surface area contributed by atoms with Gasteiger partial charge < -0.3 is 9.88 Å². The van der Waals surface area contributed by atoms with Crippen molar-refractivity contribution in [1.82, 2.24) is 9.55 Å². The van der Waals surface area contributed by atoms with Gasteiger partial charge in [0.1, 0.15) is 5.82 Å². The number of rotatable bonds is 5. The van der Waals surface area contributed by atoms with Gasteiger partial charge in [0, 0.05) is 30.4 Å². The Morgan fingerprint density at radius 1 is 0.897 bits per heavy atom. The van der Waals surface area contributed by atoms with E-state index >= 15 is 0 Å². The van der Waals surface area contributed by atoms with E-state index in [9.17, 15) is 4.39 Å². The fourth-order valence-corrected chi connectivity index (χ4v) is 3.59.